The zero-order chi connectivity index (χ0) is 16.3. The summed E-state index contributed by atoms with van der Waals surface area (Å²) < 4.78 is 42.8. The van der Waals surface area contributed by atoms with Crippen LogP contribution in [0.15, 0.2) is 30.7 Å². The third-order valence-corrected chi connectivity index (χ3v) is 3.13. The summed E-state index contributed by atoms with van der Waals surface area (Å²) in [5.41, 5.74) is 1.92. The summed E-state index contributed by atoms with van der Waals surface area (Å²) >= 11 is 0. The number of hydrogen-bond acceptors (Lipinski definition) is 3. The molecule has 0 radical (unpaired) electrons. The standard InChI is InChI=1S/C14H17BF3N3O/c1-9(2)13(21-7-11(15)6-20-21)10-3-4-12(19-5-10)22-8-14(16,17)18/h3-7,9,13H,8,15H2,1-2H3. The molecule has 0 N–H and O–H groups in total. The van der Waals surface area contributed by atoms with Crippen LogP contribution in [0, 0.1) is 5.92 Å². The van der Waals surface area contributed by atoms with Crippen LogP contribution >= 0.6 is 0 Å². The van der Waals surface area contributed by atoms with E-state index in [9.17, 15) is 13.2 Å². The number of ether oxygens (including phenoxy) is 1. The predicted molar refractivity (Wildman–Crippen MR) is 79.2 cm³/mol. The van der Waals surface area contributed by atoms with Crippen molar-refractivity contribution in [2.24, 2.45) is 5.92 Å². The van der Waals surface area contributed by atoms with Crippen molar-refractivity contribution in [2.75, 3.05) is 6.61 Å². The van der Waals surface area contributed by atoms with Crippen LogP contribution in [0.4, 0.5) is 13.2 Å². The molecule has 0 aliphatic rings. The van der Waals surface area contributed by atoms with E-state index in [1.54, 1.807) is 12.3 Å². The van der Waals surface area contributed by atoms with E-state index in [4.69, 9.17) is 0 Å². The SMILES string of the molecule is Bc1cnn(C(c2ccc(OCC(F)(F)F)nc2)C(C)C)c1. The van der Waals surface area contributed by atoms with Crippen LogP contribution in [-0.4, -0.2) is 35.4 Å². The maximum atomic E-state index is 12.1. The Balaban J connectivity index is 2.16. The van der Waals surface area contributed by atoms with Gasteiger partial charge in [-0.05, 0) is 17.5 Å². The number of pyridine rings is 1. The van der Waals surface area contributed by atoms with Crippen molar-refractivity contribution in [3.63, 3.8) is 0 Å². The molecule has 2 aromatic heterocycles. The van der Waals surface area contributed by atoms with Gasteiger partial charge in [0.15, 0.2) is 6.61 Å². The van der Waals surface area contributed by atoms with E-state index in [1.807, 2.05) is 18.7 Å². The third kappa shape index (κ3) is 4.25. The highest BCUT2D eigenvalue weighted by Gasteiger charge is 2.28. The summed E-state index contributed by atoms with van der Waals surface area (Å²) in [5.74, 6) is 0.211. The first-order valence-electron chi connectivity index (χ1n) is 6.92. The van der Waals surface area contributed by atoms with Crippen molar-refractivity contribution in [1.82, 2.24) is 14.8 Å². The van der Waals surface area contributed by atoms with Gasteiger partial charge in [0.1, 0.15) is 7.85 Å². The zero-order valence-corrected chi connectivity index (χ0v) is 12.6. The van der Waals surface area contributed by atoms with Crippen molar-refractivity contribution in [1.29, 1.82) is 0 Å². The number of hydrogen-bond donors (Lipinski definition) is 0. The Bertz CT molecular complexity index is 611. The summed E-state index contributed by atoms with van der Waals surface area (Å²) in [4.78, 5) is 3.95. The fourth-order valence-electron chi connectivity index (χ4n) is 2.24. The molecule has 0 aliphatic heterocycles. The van der Waals surface area contributed by atoms with Crippen LogP contribution in [0.1, 0.15) is 25.5 Å². The normalized spacial score (nSPS) is 13.4. The van der Waals surface area contributed by atoms with Gasteiger partial charge in [0.2, 0.25) is 5.88 Å². The zero-order valence-electron chi connectivity index (χ0n) is 12.6. The highest BCUT2D eigenvalue weighted by Crippen LogP contribution is 2.26. The molecule has 1 unspecified atom stereocenters. The molecular formula is C14H17BF3N3O. The second-order valence-electron chi connectivity index (χ2n) is 5.52. The molecule has 2 rings (SSSR count). The predicted octanol–water partition coefficient (Wildman–Crippen LogP) is 1.72. The van der Waals surface area contributed by atoms with Crippen LogP contribution in [-0.2, 0) is 0 Å². The lowest BCUT2D eigenvalue weighted by Gasteiger charge is -2.22. The van der Waals surface area contributed by atoms with Gasteiger partial charge in [0.25, 0.3) is 0 Å². The molecular weight excluding hydrogens is 294 g/mol. The molecule has 0 bridgehead atoms. The van der Waals surface area contributed by atoms with Gasteiger partial charge >= 0.3 is 6.18 Å². The van der Waals surface area contributed by atoms with E-state index in [0.717, 1.165) is 11.0 Å². The molecule has 0 aliphatic carbocycles. The Kier molecular flexibility index (Phi) is 4.78. The molecule has 2 heterocycles. The van der Waals surface area contributed by atoms with Gasteiger partial charge in [-0.15, -0.1) is 0 Å². The van der Waals surface area contributed by atoms with Crippen LogP contribution in [0.5, 0.6) is 5.88 Å². The van der Waals surface area contributed by atoms with Gasteiger partial charge in [0, 0.05) is 24.7 Å². The van der Waals surface area contributed by atoms with Gasteiger partial charge < -0.3 is 4.74 Å². The average Bonchev–Trinajstić information content (AvgIpc) is 2.83. The Morgan fingerprint density at radius 1 is 1.27 bits per heavy atom. The van der Waals surface area contributed by atoms with Crippen molar-refractivity contribution in [3.05, 3.63) is 36.3 Å². The molecule has 0 saturated heterocycles. The Morgan fingerprint density at radius 2 is 2.00 bits per heavy atom. The maximum Gasteiger partial charge on any atom is 0.422 e. The van der Waals surface area contributed by atoms with E-state index >= 15 is 0 Å². The van der Waals surface area contributed by atoms with Crippen molar-refractivity contribution < 1.29 is 17.9 Å². The quantitative estimate of drug-likeness (QED) is 0.790. The van der Waals surface area contributed by atoms with Crippen LogP contribution in [0.25, 0.3) is 0 Å². The van der Waals surface area contributed by atoms with E-state index in [-0.39, 0.29) is 17.8 Å². The van der Waals surface area contributed by atoms with Gasteiger partial charge in [-0.2, -0.15) is 18.3 Å². The minimum atomic E-state index is -4.37. The number of halogens is 3. The Morgan fingerprint density at radius 3 is 2.45 bits per heavy atom. The first kappa shape index (κ1) is 16.4. The molecule has 4 nitrogen and oxygen atoms in total. The number of rotatable bonds is 5. The summed E-state index contributed by atoms with van der Waals surface area (Å²) in [6, 6.07) is 3.14. The number of nitrogens with zero attached hydrogens (tertiary/aromatic N) is 3. The van der Waals surface area contributed by atoms with Crippen molar-refractivity contribution in [3.8, 4) is 5.88 Å². The topological polar surface area (TPSA) is 39.9 Å². The molecule has 1 atom stereocenters. The number of alkyl halides is 3. The fourth-order valence-corrected chi connectivity index (χ4v) is 2.24. The van der Waals surface area contributed by atoms with Gasteiger partial charge in [0.05, 0.1) is 6.04 Å². The highest BCUT2D eigenvalue weighted by atomic mass is 19.4. The minimum Gasteiger partial charge on any atom is -0.468 e. The van der Waals surface area contributed by atoms with E-state index in [1.165, 1.54) is 12.3 Å². The van der Waals surface area contributed by atoms with Gasteiger partial charge in [-0.3, -0.25) is 4.68 Å². The second-order valence-corrected chi connectivity index (χ2v) is 5.52. The summed E-state index contributed by atoms with van der Waals surface area (Å²) in [6.45, 7) is 2.76. The first-order valence-corrected chi connectivity index (χ1v) is 6.92. The fraction of sp³-hybridized carbons (Fsp3) is 0.429. The lowest BCUT2D eigenvalue weighted by atomic mass is 9.97. The monoisotopic (exact) mass is 311 g/mol. The smallest absolute Gasteiger partial charge is 0.422 e. The van der Waals surface area contributed by atoms with E-state index in [0.29, 0.717) is 0 Å². The molecule has 0 saturated carbocycles. The lowest BCUT2D eigenvalue weighted by molar-refractivity contribution is -0.154. The second kappa shape index (κ2) is 6.42. The molecule has 8 heteroatoms. The van der Waals surface area contributed by atoms with Crippen molar-refractivity contribution in [2.45, 2.75) is 26.1 Å². The molecule has 0 fully saturated rings. The molecule has 0 amide bonds. The maximum absolute atomic E-state index is 12.1. The van der Waals surface area contributed by atoms with Crippen LogP contribution < -0.4 is 10.2 Å². The molecule has 0 aromatic carbocycles. The van der Waals surface area contributed by atoms with E-state index < -0.39 is 12.8 Å². The third-order valence-electron chi connectivity index (χ3n) is 3.13. The summed E-state index contributed by atoms with van der Waals surface area (Å²) in [6.07, 6.45) is 0.864. The molecule has 0 spiro atoms. The van der Waals surface area contributed by atoms with E-state index in [2.05, 4.69) is 28.7 Å². The van der Waals surface area contributed by atoms with Crippen molar-refractivity contribution >= 4 is 13.3 Å². The number of aromatic nitrogens is 3. The van der Waals surface area contributed by atoms with Gasteiger partial charge in [-0.25, -0.2) is 4.98 Å². The van der Waals surface area contributed by atoms with Gasteiger partial charge in [-0.1, -0.05) is 19.3 Å². The molecule has 2 aromatic rings. The summed E-state index contributed by atoms with van der Waals surface area (Å²) in [7, 11) is 1.95. The largest absolute Gasteiger partial charge is 0.468 e. The Labute approximate surface area is 127 Å². The lowest BCUT2D eigenvalue weighted by Crippen LogP contribution is -2.20. The molecule has 22 heavy (non-hydrogen) atoms. The summed E-state index contributed by atoms with van der Waals surface area (Å²) in [5, 5.41) is 4.31. The Hall–Kier alpha value is -1.99. The minimum absolute atomic E-state index is 0.0298. The van der Waals surface area contributed by atoms with Crippen LogP contribution in [0.3, 0.4) is 0 Å². The highest BCUT2D eigenvalue weighted by molar-refractivity contribution is 6.31. The van der Waals surface area contributed by atoms with Crippen LogP contribution in [0.2, 0.25) is 0 Å². The molecule has 118 valence electrons. The first-order chi connectivity index (χ1) is 10.3. The average molecular weight is 311 g/mol.